The zero-order valence-corrected chi connectivity index (χ0v) is 12.4. The molecule has 1 atom stereocenters. The highest BCUT2D eigenvalue weighted by Gasteiger charge is 2.34. The summed E-state index contributed by atoms with van der Waals surface area (Å²) in [5.41, 5.74) is 6.09. The lowest BCUT2D eigenvalue weighted by Crippen LogP contribution is -2.45. The number of nitrogens with two attached hydrogens (primary N) is 1. The molecule has 2 heteroatoms. The van der Waals surface area contributed by atoms with Crippen molar-refractivity contribution in [3.05, 3.63) is 0 Å². The van der Waals surface area contributed by atoms with Gasteiger partial charge in [-0.3, -0.25) is 4.90 Å². The molecule has 2 aliphatic carbocycles. The molecular formula is C16H32N2. The van der Waals surface area contributed by atoms with E-state index in [1.807, 2.05) is 0 Å². The average Bonchev–Trinajstić information content (AvgIpc) is 3.18. The Balaban J connectivity index is 1.87. The van der Waals surface area contributed by atoms with E-state index in [2.05, 4.69) is 18.7 Å². The van der Waals surface area contributed by atoms with Crippen molar-refractivity contribution < 1.29 is 0 Å². The van der Waals surface area contributed by atoms with Crippen molar-refractivity contribution in [1.82, 2.24) is 4.90 Å². The van der Waals surface area contributed by atoms with Gasteiger partial charge < -0.3 is 5.73 Å². The maximum Gasteiger partial charge on any atom is 0.0224 e. The fourth-order valence-electron chi connectivity index (χ4n) is 3.60. The Bertz CT molecular complexity index is 229. The van der Waals surface area contributed by atoms with Gasteiger partial charge in [0.05, 0.1) is 0 Å². The van der Waals surface area contributed by atoms with Crippen LogP contribution in [0.15, 0.2) is 0 Å². The molecule has 0 aromatic rings. The number of hydrogen-bond acceptors (Lipinski definition) is 2. The molecule has 0 aromatic heterocycles. The van der Waals surface area contributed by atoms with Gasteiger partial charge in [-0.05, 0) is 31.1 Å². The van der Waals surface area contributed by atoms with Crippen LogP contribution in [0.2, 0.25) is 0 Å². The molecule has 2 N–H and O–H groups in total. The van der Waals surface area contributed by atoms with Crippen LogP contribution >= 0.6 is 0 Å². The van der Waals surface area contributed by atoms with E-state index >= 15 is 0 Å². The number of nitrogens with zero attached hydrogens (tertiary/aromatic N) is 1. The third-order valence-electron chi connectivity index (χ3n) is 4.66. The zero-order chi connectivity index (χ0) is 13.0. The fraction of sp³-hybridized carbons (Fsp3) is 1.00. The van der Waals surface area contributed by atoms with Crippen LogP contribution in [0.5, 0.6) is 0 Å². The van der Waals surface area contributed by atoms with Gasteiger partial charge in [0.25, 0.3) is 0 Å². The lowest BCUT2D eigenvalue weighted by atomic mass is 9.84. The summed E-state index contributed by atoms with van der Waals surface area (Å²) >= 11 is 0. The van der Waals surface area contributed by atoms with Crippen LogP contribution in [0.3, 0.4) is 0 Å². The van der Waals surface area contributed by atoms with Gasteiger partial charge >= 0.3 is 0 Å². The van der Waals surface area contributed by atoms with Gasteiger partial charge in [-0.1, -0.05) is 46.0 Å². The van der Waals surface area contributed by atoms with E-state index in [-0.39, 0.29) is 0 Å². The maximum absolute atomic E-state index is 6.09. The van der Waals surface area contributed by atoms with Crippen molar-refractivity contribution in [3.8, 4) is 0 Å². The number of hydrogen-bond donors (Lipinski definition) is 1. The predicted octanol–water partition coefficient (Wildman–Crippen LogP) is 3.40. The molecule has 0 amide bonds. The normalized spacial score (nSPS) is 23.8. The summed E-state index contributed by atoms with van der Waals surface area (Å²) in [5.74, 6) is 1.73. The first-order valence-electron chi connectivity index (χ1n) is 8.16. The Kier molecular flexibility index (Phi) is 5.50. The summed E-state index contributed by atoms with van der Waals surface area (Å²) < 4.78 is 0. The first-order chi connectivity index (χ1) is 8.70. The minimum Gasteiger partial charge on any atom is -0.329 e. The first-order valence-corrected chi connectivity index (χ1v) is 8.16. The largest absolute Gasteiger partial charge is 0.329 e. The highest BCUT2D eigenvalue weighted by molar-refractivity contribution is 4.90. The Morgan fingerprint density at radius 1 is 1.06 bits per heavy atom. The molecule has 106 valence electrons. The van der Waals surface area contributed by atoms with Gasteiger partial charge in [-0.25, -0.2) is 0 Å². The molecule has 0 bridgehead atoms. The molecule has 0 heterocycles. The lowest BCUT2D eigenvalue weighted by Gasteiger charge is -2.35. The van der Waals surface area contributed by atoms with Gasteiger partial charge in [-0.15, -0.1) is 0 Å². The van der Waals surface area contributed by atoms with E-state index in [0.717, 1.165) is 24.4 Å². The monoisotopic (exact) mass is 252 g/mol. The summed E-state index contributed by atoms with van der Waals surface area (Å²) in [6.45, 7) is 6.78. The van der Waals surface area contributed by atoms with Gasteiger partial charge in [-0.2, -0.15) is 0 Å². The van der Waals surface area contributed by atoms with Crippen LogP contribution in [0, 0.1) is 11.8 Å². The maximum atomic E-state index is 6.09. The van der Waals surface area contributed by atoms with E-state index in [0.29, 0.717) is 6.04 Å². The van der Waals surface area contributed by atoms with Gasteiger partial charge in [0.2, 0.25) is 0 Å². The minimum atomic E-state index is 0.656. The summed E-state index contributed by atoms with van der Waals surface area (Å²) in [7, 11) is 0. The first kappa shape index (κ1) is 14.3. The van der Waals surface area contributed by atoms with E-state index in [9.17, 15) is 0 Å². The van der Waals surface area contributed by atoms with Crippen LogP contribution < -0.4 is 5.73 Å². The molecule has 2 rings (SSSR count). The van der Waals surface area contributed by atoms with Crippen molar-refractivity contribution in [3.63, 3.8) is 0 Å². The molecule has 0 spiro atoms. The third-order valence-corrected chi connectivity index (χ3v) is 4.66. The minimum absolute atomic E-state index is 0.656. The van der Waals surface area contributed by atoms with E-state index in [1.54, 1.807) is 0 Å². The summed E-state index contributed by atoms with van der Waals surface area (Å²) in [6, 6.07) is 1.52. The van der Waals surface area contributed by atoms with Crippen LogP contribution in [0.4, 0.5) is 0 Å². The fourth-order valence-corrected chi connectivity index (χ4v) is 3.60. The van der Waals surface area contributed by atoms with Crippen LogP contribution in [0.25, 0.3) is 0 Å². The van der Waals surface area contributed by atoms with Crippen LogP contribution in [-0.2, 0) is 0 Å². The second kappa shape index (κ2) is 6.91. The van der Waals surface area contributed by atoms with Crippen molar-refractivity contribution in [2.75, 3.05) is 13.1 Å². The Labute approximate surface area is 113 Å². The molecule has 0 radical (unpaired) electrons. The van der Waals surface area contributed by atoms with E-state index < -0.39 is 0 Å². The molecule has 0 aliphatic heterocycles. The lowest BCUT2D eigenvalue weighted by molar-refractivity contribution is 0.136. The van der Waals surface area contributed by atoms with Gasteiger partial charge in [0, 0.05) is 25.2 Å². The molecule has 2 nitrogen and oxygen atoms in total. The molecule has 18 heavy (non-hydrogen) atoms. The van der Waals surface area contributed by atoms with Crippen LogP contribution in [-0.4, -0.2) is 30.1 Å². The molecule has 2 fully saturated rings. The smallest absolute Gasteiger partial charge is 0.0224 e. The van der Waals surface area contributed by atoms with Gasteiger partial charge in [0.15, 0.2) is 0 Å². The van der Waals surface area contributed by atoms with Gasteiger partial charge in [0.1, 0.15) is 0 Å². The van der Waals surface area contributed by atoms with E-state index in [1.165, 1.54) is 57.9 Å². The summed E-state index contributed by atoms with van der Waals surface area (Å²) in [6.07, 6.45) is 11.5. The molecular weight excluding hydrogens is 220 g/mol. The molecule has 0 aromatic carbocycles. The Morgan fingerprint density at radius 2 is 1.72 bits per heavy atom. The average molecular weight is 252 g/mol. The van der Waals surface area contributed by atoms with Crippen LogP contribution in [0.1, 0.15) is 65.2 Å². The second-order valence-corrected chi connectivity index (χ2v) is 6.95. The van der Waals surface area contributed by atoms with Crippen molar-refractivity contribution in [1.29, 1.82) is 0 Å². The molecule has 2 saturated carbocycles. The quantitative estimate of drug-likeness (QED) is 0.752. The topological polar surface area (TPSA) is 29.3 Å². The molecule has 1 unspecified atom stereocenters. The third kappa shape index (κ3) is 4.24. The zero-order valence-electron chi connectivity index (χ0n) is 12.4. The standard InChI is InChI=1S/C16H32N2/c1-13(2)12-18(15-8-9-15)16(11-17)10-14-6-4-3-5-7-14/h13-16H,3-12,17H2,1-2H3. The summed E-state index contributed by atoms with van der Waals surface area (Å²) in [4.78, 5) is 2.75. The highest BCUT2D eigenvalue weighted by atomic mass is 15.2. The highest BCUT2D eigenvalue weighted by Crippen LogP contribution is 2.33. The predicted molar refractivity (Wildman–Crippen MR) is 78.6 cm³/mol. The van der Waals surface area contributed by atoms with Crippen molar-refractivity contribution >= 4 is 0 Å². The van der Waals surface area contributed by atoms with Crippen molar-refractivity contribution in [2.45, 2.75) is 77.3 Å². The van der Waals surface area contributed by atoms with Crippen molar-refractivity contribution in [2.24, 2.45) is 17.6 Å². The molecule has 2 aliphatic rings. The Morgan fingerprint density at radius 3 is 2.22 bits per heavy atom. The second-order valence-electron chi connectivity index (χ2n) is 6.95. The molecule has 0 saturated heterocycles. The number of rotatable bonds is 7. The SMILES string of the molecule is CC(C)CN(C1CC1)C(CN)CC1CCCCC1. The van der Waals surface area contributed by atoms with E-state index in [4.69, 9.17) is 5.73 Å². The summed E-state index contributed by atoms with van der Waals surface area (Å²) in [5, 5.41) is 0. The Hall–Kier alpha value is -0.0800.